The van der Waals surface area contributed by atoms with E-state index in [0.29, 0.717) is 0 Å². The molecule has 0 aromatic carbocycles. The van der Waals surface area contributed by atoms with Gasteiger partial charge in [0.1, 0.15) is 17.3 Å². The standard InChI is InChI=1S/C14H18N6O/c1-2-11(14-18-17-13-10-15-4-5-20(13)14)16-12(3-1)19-6-8-21-9-7-19/h1-3,15H,4-10H2. The highest BCUT2D eigenvalue weighted by Gasteiger charge is 2.19. The van der Waals surface area contributed by atoms with Crippen LogP contribution >= 0.6 is 0 Å². The van der Waals surface area contributed by atoms with Crippen LogP contribution in [0.4, 0.5) is 5.82 Å². The van der Waals surface area contributed by atoms with Gasteiger partial charge in [-0.1, -0.05) is 6.07 Å². The first-order valence-corrected chi connectivity index (χ1v) is 7.35. The maximum absolute atomic E-state index is 5.40. The summed E-state index contributed by atoms with van der Waals surface area (Å²) in [7, 11) is 0. The third kappa shape index (κ3) is 2.38. The summed E-state index contributed by atoms with van der Waals surface area (Å²) in [5.74, 6) is 2.83. The molecule has 0 unspecified atom stereocenters. The minimum atomic E-state index is 0.762. The normalized spacial score (nSPS) is 18.6. The Morgan fingerprint density at radius 3 is 2.90 bits per heavy atom. The number of fused-ring (bicyclic) bond motifs is 1. The number of hydrogen-bond donors (Lipinski definition) is 1. The molecule has 1 saturated heterocycles. The number of nitrogens with one attached hydrogen (secondary N) is 1. The third-order valence-electron chi connectivity index (χ3n) is 3.92. The van der Waals surface area contributed by atoms with Crippen molar-refractivity contribution in [2.75, 3.05) is 37.7 Å². The first-order chi connectivity index (χ1) is 10.4. The van der Waals surface area contributed by atoms with E-state index < -0.39 is 0 Å². The summed E-state index contributed by atoms with van der Waals surface area (Å²) in [5, 5.41) is 11.9. The molecule has 0 saturated carbocycles. The Balaban J connectivity index is 1.67. The fourth-order valence-corrected chi connectivity index (χ4v) is 2.80. The largest absolute Gasteiger partial charge is 0.378 e. The van der Waals surface area contributed by atoms with Crippen molar-refractivity contribution in [3.05, 3.63) is 24.0 Å². The van der Waals surface area contributed by atoms with Gasteiger partial charge in [0.15, 0.2) is 5.82 Å². The molecule has 4 rings (SSSR count). The minimum Gasteiger partial charge on any atom is -0.378 e. The van der Waals surface area contributed by atoms with Gasteiger partial charge in [0, 0.05) is 26.2 Å². The van der Waals surface area contributed by atoms with Crippen molar-refractivity contribution in [1.29, 1.82) is 0 Å². The van der Waals surface area contributed by atoms with E-state index in [1.807, 2.05) is 18.2 Å². The van der Waals surface area contributed by atoms with Gasteiger partial charge in [0.25, 0.3) is 0 Å². The van der Waals surface area contributed by atoms with Gasteiger partial charge in [0.2, 0.25) is 0 Å². The molecule has 2 aliphatic heterocycles. The van der Waals surface area contributed by atoms with Crippen molar-refractivity contribution >= 4 is 5.82 Å². The van der Waals surface area contributed by atoms with Gasteiger partial charge in [-0.25, -0.2) is 4.98 Å². The van der Waals surface area contributed by atoms with E-state index in [-0.39, 0.29) is 0 Å². The molecule has 0 spiro atoms. The quantitative estimate of drug-likeness (QED) is 0.855. The van der Waals surface area contributed by atoms with Crippen LogP contribution in [0.25, 0.3) is 11.5 Å². The number of anilines is 1. The van der Waals surface area contributed by atoms with Gasteiger partial charge >= 0.3 is 0 Å². The highest BCUT2D eigenvalue weighted by Crippen LogP contribution is 2.21. The van der Waals surface area contributed by atoms with E-state index in [0.717, 1.165) is 69.1 Å². The highest BCUT2D eigenvalue weighted by atomic mass is 16.5. The van der Waals surface area contributed by atoms with Gasteiger partial charge in [0.05, 0.1) is 19.8 Å². The molecule has 1 N–H and O–H groups in total. The lowest BCUT2D eigenvalue weighted by atomic mass is 10.3. The molecule has 7 nitrogen and oxygen atoms in total. The Kier molecular flexibility index (Phi) is 3.28. The lowest BCUT2D eigenvalue weighted by Crippen LogP contribution is -2.36. The van der Waals surface area contributed by atoms with Crippen LogP contribution in [0.2, 0.25) is 0 Å². The molecule has 0 bridgehead atoms. The molecule has 2 aromatic rings. The number of ether oxygens (including phenoxy) is 1. The molecule has 110 valence electrons. The maximum atomic E-state index is 5.40. The third-order valence-corrected chi connectivity index (χ3v) is 3.92. The van der Waals surface area contributed by atoms with Gasteiger partial charge in [-0.15, -0.1) is 10.2 Å². The molecule has 0 atom stereocenters. The van der Waals surface area contributed by atoms with Crippen LogP contribution in [-0.4, -0.2) is 52.6 Å². The van der Waals surface area contributed by atoms with Crippen molar-refractivity contribution in [2.24, 2.45) is 0 Å². The highest BCUT2D eigenvalue weighted by molar-refractivity contribution is 5.54. The molecule has 2 aliphatic rings. The smallest absolute Gasteiger partial charge is 0.182 e. The zero-order valence-electron chi connectivity index (χ0n) is 11.8. The van der Waals surface area contributed by atoms with Crippen LogP contribution in [0.5, 0.6) is 0 Å². The van der Waals surface area contributed by atoms with E-state index >= 15 is 0 Å². The Hall–Kier alpha value is -1.99. The predicted octanol–water partition coefficient (Wildman–Crippen LogP) is 0.280. The van der Waals surface area contributed by atoms with E-state index in [1.165, 1.54) is 0 Å². The number of morpholine rings is 1. The average Bonchev–Trinajstić information content (AvgIpc) is 3.00. The molecule has 21 heavy (non-hydrogen) atoms. The fourth-order valence-electron chi connectivity index (χ4n) is 2.80. The summed E-state index contributed by atoms with van der Waals surface area (Å²) in [6.07, 6.45) is 0. The molecular weight excluding hydrogens is 268 g/mol. The molecule has 4 heterocycles. The van der Waals surface area contributed by atoms with Crippen LogP contribution in [0.3, 0.4) is 0 Å². The van der Waals surface area contributed by atoms with Gasteiger partial charge in [-0.3, -0.25) is 0 Å². The van der Waals surface area contributed by atoms with Crippen molar-refractivity contribution in [3.8, 4) is 11.5 Å². The van der Waals surface area contributed by atoms with Crippen LogP contribution in [0, 0.1) is 0 Å². The van der Waals surface area contributed by atoms with E-state index in [4.69, 9.17) is 9.72 Å². The Bertz CT molecular complexity index is 634. The summed E-state index contributed by atoms with van der Waals surface area (Å²) in [6.45, 7) is 5.91. The predicted molar refractivity (Wildman–Crippen MR) is 78.0 cm³/mol. The number of aromatic nitrogens is 4. The summed E-state index contributed by atoms with van der Waals surface area (Å²) < 4.78 is 7.55. The SMILES string of the molecule is c1cc(-c2nnc3n2CCNC3)nc(N2CCOCC2)c1. The number of rotatable bonds is 2. The van der Waals surface area contributed by atoms with Crippen LogP contribution in [0.1, 0.15) is 5.82 Å². The lowest BCUT2D eigenvalue weighted by Gasteiger charge is -2.28. The summed E-state index contributed by atoms with van der Waals surface area (Å²) in [5.41, 5.74) is 0.889. The number of hydrogen-bond acceptors (Lipinski definition) is 6. The first-order valence-electron chi connectivity index (χ1n) is 7.35. The van der Waals surface area contributed by atoms with Crippen LogP contribution in [-0.2, 0) is 17.8 Å². The van der Waals surface area contributed by atoms with Crippen molar-refractivity contribution in [1.82, 2.24) is 25.1 Å². The molecule has 7 heteroatoms. The molecule has 1 fully saturated rings. The Morgan fingerprint density at radius 2 is 2.00 bits per heavy atom. The van der Waals surface area contributed by atoms with Gasteiger partial charge in [-0.2, -0.15) is 0 Å². The van der Waals surface area contributed by atoms with Crippen LogP contribution < -0.4 is 10.2 Å². The summed E-state index contributed by atoms with van der Waals surface area (Å²) in [6, 6.07) is 6.09. The van der Waals surface area contributed by atoms with Gasteiger partial charge < -0.3 is 19.5 Å². The molecule has 0 radical (unpaired) electrons. The average molecular weight is 286 g/mol. The Labute approximate surface area is 123 Å². The minimum absolute atomic E-state index is 0.762. The molecule has 0 aliphatic carbocycles. The maximum Gasteiger partial charge on any atom is 0.182 e. The summed E-state index contributed by atoms with van der Waals surface area (Å²) in [4.78, 5) is 7.03. The molecular formula is C14H18N6O. The second-order valence-electron chi connectivity index (χ2n) is 5.25. The number of nitrogens with zero attached hydrogens (tertiary/aromatic N) is 5. The monoisotopic (exact) mass is 286 g/mol. The van der Waals surface area contributed by atoms with Crippen molar-refractivity contribution in [2.45, 2.75) is 13.1 Å². The second kappa shape index (κ2) is 5.42. The van der Waals surface area contributed by atoms with E-state index in [9.17, 15) is 0 Å². The summed E-state index contributed by atoms with van der Waals surface area (Å²) >= 11 is 0. The molecule has 2 aromatic heterocycles. The zero-order chi connectivity index (χ0) is 14.1. The van der Waals surface area contributed by atoms with Crippen molar-refractivity contribution < 1.29 is 4.74 Å². The van der Waals surface area contributed by atoms with E-state index in [2.05, 4.69) is 25.0 Å². The lowest BCUT2D eigenvalue weighted by molar-refractivity contribution is 0.122. The van der Waals surface area contributed by atoms with Crippen LogP contribution in [0.15, 0.2) is 18.2 Å². The van der Waals surface area contributed by atoms with E-state index in [1.54, 1.807) is 0 Å². The number of pyridine rings is 1. The second-order valence-corrected chi connectivity index (χ2v) is 5.25. The topological polar surface area (TPSA) is 68.1 Å². The fraction of sp³-hybridized carbons (Fsp3) is 0.500. The van der Waals surface area contributed by atoms with Gasteiger partial charge in [-0.05, 0) is 12.1 Å². The van der Waals surface area contributed by atoms with Crippen molar-refractivity contribution in [3.63, 3.8) is 0 Å². The Morgan fingerprint density at radius 1 is 1.10 bits per heavy atom. The first kappa shape index (κ1) is 12.7. The zero-order valence-corrected chi connectivity index (χ0v) is 11.8. The molecule has 0 amide bonds.